The standard InChI is InChI=1S/C15H20N2O3/c1-10(18)17(11-4-6-15(2,3)8-11)13-9-16-7-5-12(13)14(19)20/h5,7,9,11H,4,6,8H2,1-3H3,(H,19,20). The molecule has 1 aromatic heterocycles. The number of carbonyl (C=O) groups is 2. The summed E-state index contributed by atoms with van der Waals surface area (Å²) in [5.74, 6) is -1.17. The van der Waals surface area contributed by atoms with Crippen LogP contribution >= 0.6 is 0 Å². The van der Waals surface area contributed by atoms with Gasteiger partial charge < -0.3 is 10.0 Å². The third-order valence-electron chi connectivity index (χ3n) is 3.94. The van der Waals surface area contributed by atoms with E-state index in [4.69, 9.17) is 0 Å². The summed E-state index contributed by atoms with van der Waals surface area (Å²) in [6.45, 7) is 5.82. The number of rotatable bonds is 3. The topological polar surface area (TPSA) is 70.5 Å². The maximum atomic E-state index is 12.0. The SMILES string of the molecule is CC(=O)N(c1cnccc1C(=O)O)C1CCC(C)(C)C1. The van der Waals surface area contributed by atoms with Gasteiger partial charge in [-0.1, -0.05) is 13.8 Å². The second kappa shape index (κ2) is 5.23. The molecule has 1 aliphatic carbocycles. The van der Waals surface area contributed by atoms with E-state index in [0.29, 0.717) is 5.69 Å². The van der Waals surface area contributed by atoms with Crippen molar-refractivity contribution >= 4 is 17.6 Å². The van der Waals surface area contributed by atoms with Crippen molar-refractivity contribution in [3.8, 4) is 0 Å². The molecule has 2 rings (SSSR count). The third kappa shape index (κ3) is 2.81. The van der Waals surface area contributed by atoms with E-state index in [-0.39, 0.29) is 22.9 Å². The third-order valence-corrected chi connectivity index (χ3v) is 3.94. The van der Waals surface area contributed by atoms with Crippen molar-refractivity contribution < 1.29 is 14.7 Å². The molecule has 1 unspecified atom stereocenters. The molecule has 0 saturated heterocycles. The van der Waals surface area contributed by atoms with Crippen LogP contribution in [0, 0.1) is 5.41 Å². The van der Waals surface area contributed by atoms with Crippen molar-refractivity contribution in [2.75, 3.05) is 4.90 Å². The van der Waals surface area contributed by atoms with Crippen molar-refractivity contribution in [2.24, 2.45) is 5.41 Å². The van der Waals surface area contributed by atoms with Gasteiger partial charge in [-0.25, -0.2) is 4.79 Å². The van der Waals surface area contributed by atoms with E-state index in [1.165, 1.54) is 25.4 Å². The molecule has 1 aromatic rings. The summed E-state index contributed by atoms with van der Waals surface area (Å²) in [6.07, 6.45) is 5.70. The molecule has 1 atom stereocenters. The lowest BCUT2D eigenvalue weighted by molar-refractivity contribution is -0.117. The Bertz CT molecular complexity index is 540. The van der Waals surface area contributed by atoms with Crippen LogP contribution in [0.4, 0.5) is 5.69 Å². The molecular weight excluding hydrogens is 256 g/mol. The number of aromatic carboxylic acids is 1. The highest BCUT2D eigenvalue weighted by atomic mass is 16.4. The highest BCUT2D eigenvalue weighted by Crippen LogP contribution is 2.41. The Morgan fingerprint density at radius 1 is 1.45 bits per heavy atom. The zero-order chi connectivity index (χ0) is 14.9. The van der Waals surface area contributed by atoms with Gasteiger partial charge in [-0.15, -0.1) is 0 Å². The second-order valence-electron chi connectivity index (χ2n) is 6.15. The van der Waals surface area contributed by atoms with Crippen LogP contribution in [0.5, 0.6) is 0 Å². The molecule has 1 fully saturated rings. The fourth-order valence-electron chi connectivity index (χ4n) is 3.00. The minimum atomic E-state index is -1.04. The summed E-state index contributed by atoms with van der Waals surface area (Å²) in [7, 11) is 0. The highest BCUT2D eigenvalue weighted by Gasteiger charge is 2.37. The molecule has 108 valence electrons. The lowest BCUT2D eigenvalue weighted by Crippen LogP contribution is -2.39. The number of anilines is 1. The van der Waals surface area contributed by atoms with E-state index < -0.39 is 5.97 Å². The van der Waals surface area contributed by atoms with Crippen LogP contribution in [0.3, 0.4) is 0 Å². The zero-order valence-corrected chi connectivity index (χ0v) is 12.1. The number of carbonyl (C=O) groups excluding carboxylic acids is 1. The van der Waals surface area contributed by atoms with E-state index in [1.807, 2.05) is 0 Å². The average Bonchev–Trinajstić information content (AvgIpc) is 2.69. The molecule has 0 aromatic carbocycles. The Morgan fingerprint density at radius 2 is 2.15 bits per heavy atom. The van der Waals surface area contributed by atoms with Gasteiger partial charge in [0.05, 0.1) is 17.4 Å². The van der Waals surface area contributed by atoms with E-state index in [2.05, 4.69) is 18.8 Å². The number of aromatic nitrogens is 1. The molecule has 1 heterocycles. The lowest BCUT2D eigenvalue weighted by atomic mass is 9.91. The number of pyridine rings is 1. The Labute approximate surface area is 118 Å². The summed E-state index contributed by atoms with van der Waals surface area (Å²) in [5, 5.41) is 9.28. The van der Waals surface area contributed by atoms with Gasteiger partial charge in [0.2, 0.25) is 5.91 Å². The first-order chi connectivity index (χ1) is 9.32. The fraction of sp³-hybridized carbons (Fsp3) is 0.533. The van der Waals surface area contributed by atoms with E-state index in [9.17, 15) is 14.7 Å². The molecule has 0 aliphatic heterocycles. The molecule has 0 spiro atoms. The Kier molecular flexibility index (Phi) is 3.79. The first-order valence-corrected chi connectivity index (χ1v) is 6.79. The molecule has 1 N–H and O–H groups in total. The van der Waals surface area contributed by atoms with Crippen molar-refractivity contribution in [2.45, 2.75) is 46.1 Å². The van der Waals surface area contributed by atoms with Gasteiger partial charge >= 0.3 is 5.97 Å². The van der Waals surface area contributed by atoms with Crippen molar-refractivity contribution in [1.82, 2.24) is 4.98 Å². The number of carboxylic acids is 1. The highest BCUT2D eigenvalue weighted by molar-refractivity contribution is 6.01. The lowest BCUT2D eigenvalue weighted by Gasteiger charge is -2.30. The molecule has 1 amide bonds. The molecule has 20 heavy (non-hydrogen) atoms. The number of amides is 1. The smallest absolute Gasteiger partial charge is 0.337 e. The molecule has 1 aliphatic rings. The monoisotopic (exact) mass is 276 g/mol. The maximum Gasteiger partial charge on any atom is 0.337 e. The maximum absolute atomic E-state index is 12.0. The molecule has 5 nitrogen and oxygen atoms in total. The second-order valence-corrected chi connectivity index (χ2v) is 6.15. The largest absolute Gasteiger partial charge is 0.478 e. The van der Waals surface area contributed by atoms with Crippen molar-refractivity contribution in [3.63, 3.8) is 0 Å². The summed E-state index contributed by atoms with van der Waals surface area (Å²) in [5.41, 5.74) is 0.708. The Morgan fingerprint density at radius 3 is 2.65 bits per heavy atom. The van der Waals surface area contributed by atoms with Crippen LogP contribution in [0.1, 0.15) is 50.4 Å². The quantitative estimate of drug-likeness (QED) is 0.921. The minimum absolute atomic E-state index is 0.0461. The van der Waals surface area contributed by atoms with Gasteiger partial charge in [0.15, 0.2) is 0 Å². The molecular formula is C15H20N2O3. The summed E-state index contributed by atoms with van der Waals surface area (Å²) in [4.78, 5) is 28.9. The summed E-state index contributed by atoms with van der Waals surface area (Å²) >= 11 is 0. The molecule has 5 heteroatoms. The molecule has 1 saturated carbocycles. The predicted octanol–water partition coefficient (Wildman–Crippen LogP) is 2.71. The normalized spacial score (nSPS) is 20.6. The van der Waals surface area contributed by atoms with E-state index >= 15 is 0 Å². The van der Waals surface area contributed by atoms with Gasteiger partial charge in [0.25, 0.3) is 0 Å². The van der Waals surface area contributed by atoms with Crippen LogP contribution in [0.15, 0.2) is 18.5 Å². The average molecular weight is 276 g/mol. The fourth-order valence-corrected chi connectivity index (χ4v) is 3.00. The van der Waals surface area contributed by atoms with Gasteiger partial charge in [-0.3, -0.25) is 9.78 Å². The van der Waals surface area contributed by atoms with E-state index in [1.54, 1.807) is 4.90 Å². The summed E-state index contributed by atoms with van der Waals surface area (Å²) in [6, 6.07) is 1.48. The number of carboxylic acid groups (broad SMARTS) is 1. The van der Waals surface area contributed by atoms with Crippen LogP contribution in [0.25, 0.3) is 0 Å². The van der Waals surface area contributed by atoms with Gasteiger partial charge in [-0.2, -0.15) is 0 Å². The predicted molar refractivity (Wildman–Crippen MR) is 75.8 cm³/mol. The number of nitrogens with zero attached hydrogens (tertiary/aromatic N) is 2. The number of hydrogen-bond donors (Lipinski definition) is 1. The van der Waals surface area contributed by atoms with Crippen LogP contribution in [-0.2, 0) is 4.79 Å². The summed E-state index contributed by atoms with van der Waals surface area (Å²) < 4.78 is 0. The van der Waals surface area contributed by atoms with E-state index in [0.717, 1.165) is 19.3 Å². The van der Waals surface area contributed by atoms with Crippen molar-refractivity contribution in [1.29, 1.82) is 0 Å². The zero-order valence-electron chi connectivity index (χ0n) is 12.1. The van der Waals surface area contributed by atoms with Crippen molar-refractivity contribution in [3.05, 3.63) is 24.0 Å². The van der Waals surface area contributed by atoms with Crippen LogP contribution in [0.2, 0.25) is 0 Å². The molecule has 0 radical (unpaired) electrons. The molecule has 0 bridgehead atoms. The van der Waals surface area contributed by atoms with Crippen LogP contribution < -0.4 is 4.90 Å². The van der Waals surface area contributed by atoms with Gasteiger partial charge in [0, 0.05) is 19.2 Å². The first-order valence-electron chi connectivity index (χ1n) is 6.79. The minimum Gasteiger partial charge on any atom is -0.478 e. The van der Waals surface area contributed by atoms with Crippen LogP contribution in [-0.4, -0.2) is 28.0 Å². The Balaban J connectivity index is 2.40. The van der Waals surface area contributed by atoms with Gasteiger partial charge in [-0.05, 0) is 30.7 Å². The van der Waals surface area contributed by atoms with Gasteiger partial charge in [0.1, 0.15) is 0 Å². The first kappa shape index (κ1) is 14.5. The number of hydrogen-bond acceptors (Lipinski definition) is 3. The Hall–Kier alpha value is -1.91.